The molecule has 0 radical (unpaired) electrons. The van der Waals surface area contributed by atoms with Crippen molar-refractivity contribution in [3.05, 3.63) is 23.9 Å². The number of anilines is 1. The van der Waals surface area contributed by atoms with Crippen molar-refractivity contribution in [3.8, 4) is 0 Å². The molecule has 2 N–H and O–H groups in total. The Morgan fingerprint density at radius 2 is 1.67 bits per heavy atom. The smallest absolute Gasteiger partial charge is 0.309 e. The van der Waals surface area contributed by atoms with Crippen molar-refractivity contribution in [2.75, 3.05) is 18.4 Å². The molecule has 1 aromatic rings. The van der Waals surface area contributed by atoms with Crippen molar-refractivity contribution in [2.24, 2.45) is 11.8 Å². The number of ether oxygens (including phenoxy) is 1. The molecule has 3 aliphatic rings. The van der Waals surface area contributed by atoms with Crippen molar-refractivity contribution >= 4 is 29.5 Å². The first-order valence-corrected chi connectivity index (χ1v) is 13.2. The fourth-order valence-corrected chi connectivity index (χ4v) is 5.38. The molecule has 196 valence electrons. The molecule has 9 heteroatoms. The first-order chi connectivity index (χ1) is 17.1. The van der Waals surface area contributed by atoms with Crippen LogP contribution in [0, 0.1) is 11.8 Å². The van der Waals surface area contributed by atoms with E-state index in [1.54, 1.807) is 6.20 Å². The Morgan fingerprint density at radius 3 is 2.25 bits per heavy atom. The van der Waals surface area contributed by atoms with Crippen LogP contribution in [0.2, 0.25) is 0 Å². The van der Waals surface area contributed by atoms with Gasteiger partial charge in [0.2, 0.25) is 17.7 Å². The van der Waals surface area contributed by atoms with Crippen LogP contribution in [-0.4, -0.2) is 58.3 Å². The van der Waals surface area contributed by atoms with Crippen molar-refractivity contribution < 1.29 is 23.9 Å². The van der Waals surface area contributed by atoms with Crippen LogP contribution >= 0.6 is 0 Å². The number of aromatic nitrogens is 1. The van der Waals surface area contributed by atoms with Crippen molar-refractivity contribution in [1.29, 1.82) is 0 Å². The van der Waals surface area contributed by atoms with E-state index in [0.717, 1.165) is 37.1 Å². The number of esters is 1. The molecule has 9 nitrogen and oxygen atoms in total. The van der Waals surface area contributed by atoms with E-state index in [0.29, 0.717) is 38.8 Å². The van der Waals surface area contributed by atoms with Crippen molar-refractivity contribution in [1.82, 2.24) is 15.2 Å². The normalized spacial score (nSPS) is 25.8. The lowest BCUT2D eigenvalue weighted by molar-refractivity contribution is -0.162. The Morgan fingerprint density at radius 1 is 1.00 bits per heavy atom. The van der Waals surface area contributed by atoms with Crippen molar-refractivity contribution in [3.63, 3.8) is 0 Å². The van der Waals surface area contributed by atoms with Gasteiger partial charge in [0.05, 0.1) is 11.8 Å². The molecule has 4 rings (SSSR count). The SMILES string of the molecule is CC(C)(C)OC(=O)C1CCC(C(=O)N2CCC(Nc3ccc(C4CCC(=O)NC4=O)cn3)CC2)CC1. The van der Waals surface area contributed by atoms with Gasteiger partial charge in [-0.05, 0) is 77.3 Å². The standard InChI is InChI=1S/C27H38N4O5/c1-27(2,3)36-26(35)18-6-4-17(5-7-18)25(34)31-14-12-20(13-15-31)29-22-10-8-19(16-28-22)21-9-11-23(32)30-24(21)33/h8,10,16-18,20-21H,4-7,9,11-15H2,1-3H3,(H,28,29)(H,30,32,33). The van der Waals surface area contributed by atoms with E-state index in [1.807, 2.05) is 37.8 Å². The van der Waals surface area contributed by atoms with Crippen LogP contribution in [0.3, 0.4) is 0 Å². The summed E-state index contributed by atoms with van der Waals surface area (Å²) in [6.45, 7) is 7.05. The molecule has 1 unspecified atom stereocenters. The minimum absolute atomic E-state index is 0.00492. The highest BCUT2D eigenvalue weighted by Crippen LogP contribution is 2.32. The summed E-state index contributed by atoms with van der Waals surface area (Å²) in [4.78, 5) is 55.3. The number of amides is 3. The number of hydrogen-bond acceptors (Lipinski definition) is 7. The van der Waals surface area contributed by atoms with Gasteiger partial charge in [0.15, 0.2) is 0 Å². The van der Waals surface area contributed by atoms with Crippen LogP contribution in [0.25, 0.3) is 0 Å². The molecule has 3 fully saturated rings. The van der Waals surface area contributed by atoms with E-state index in [4.69, 9.17) is 4.74 Å². The number of hydrogen-bond donors (Lipinski definition) is 2. The summed E-state index contributed by atoms with van der Waals surface area (Å²) in [6, 6.07) is 3.99. The van der Waals surface area contributed by atoms with Gasteiger partial charge in [-0.2, -0.15) is 0 Å². The Balaban J connectivity index is 1.20. The second kappa shape index (κ2) is 11.0. The minimum Gasteiger partial charge on any atom is -0.460 e. The quantitative estimate of drug-likeness (QED) is 0.473. The minimum atomic E-state index is -0.479. The number of carbonyl (C=O) groups is 4. The molecular formula is C27H38N4O5. The van der Waals surface area contributed by atoms with Crippen LogP contribution in [0.4, 0.5) is 5.82 Å². The van der Waals surface area contributed by atoms with Gasteiger partial charge in [0, 0.05) is 37.7 Å². The molecule has 3 heterocycles. The summed E-state index contributed by atoms with van der Waals surface area (Å²) < 4.78 is 5.52. The predicted octanol–water partition coefficient (Wildman–Crippen LogP) is 3.15. The summed E-state index contributed by atoms with van der Waals surface area (Å²) in [5, 5.41) is 5.84. The molecule has 0 spiro atoms. The molecule has 0 aromatic carbocycles. The zero-order valence-electron chi connectivity index (χ0n) is 21.5. The number of rotatable bonds is 5. The Hall–Kier alpha value is -2.97. The van der Waals surface area contributed by atoms with Gasteiger partial charge in [0.25, 0.3) is 0 Å². The molecule has 1 aliphatic carbocycles. The summed E-state index contributed by atoms with van der Waals surface area (Å²) in [5.41, 5.74) is 0.333. The van der Waals surface area contributed by atoms with Crippen LogP contribution in [0.15, 0.2) is 18.3 Å². The van der Waals surface area contributed by atoms with Gasteiger partial charge in [0.1, 0.15) is 11.4 Å². The van der Waals surface area contributed by atoms with E-state index < -0.39 is 5.60 Å². The van der Waals surface area contributed by atoms with E-state index in [2.05, 4.69) is 15.6 Å². The average Bonchev–Trinajstić information content (AvgIpc) is 2.84. The highest BCUT2D eigenvalue weighted by atomic mass is 16.6. The lowest BCUT2D eigenvalue weighted by Crippen LogP contribution is -2.45. The summed E-state index contributed by atoms with van der Waals surface area (Å²) in [5.74, 6) is -0.104. The van der Waals surface area contributed by atoms with Gasteiger partial charge >= 0.3 is 5.97 Å². The van der Waals surface area contributed by atoms with E-state index in [1.165, 1.54) is 0 Å². The maximum atomic E-state index is 13.1. The third-order valence-corrected chi connectivity index (χ3v) is 7.40. The largest absolute Gasteiger partial charge is 0.460 e. The van der Waals surface area contributed by atoms with Gasteiger partial charge in [-0.15, -0.1) is 0 Å². The molecule has 2 saturated heterocycles. The highest BCUT2D eigenvalue weighted by molar-refractivity contribution is 6.00. The van der Waals surface area contributed by atoms with Gasteiger partial charge in [-0.25, -0.2) is 4.98 Å². The zero-order valence-corrected chi connectivity index (χ0v) is 21.5. The van der Waals surface area contributed by atoms with Gasteiger partial charge in [-0.3, -0.25) is 24.5 Å². The number of nitrogens with zero attached hydrogens (tertiary/aromatic N) is 2. The van der Waals surface area contributed by atoms with Gasteiger partial charge in [-0.1, -0.05) is 6.07 Å². The number of nitrogens with one attached hydrogen (secondary N) is 2. The monoisotopic (exact) mass is 498 g/mol. The van der Waals surface area contributed by atoms with Crippen LogP contribution < -0.4 is 10.6 Å². The molecule has 0 bridgehead atoms. The number of pyridine rings is 1. The zero-order chi connectivity index (χ0) is 25.9. The summed E-state index contributed by atoms with van der Waals surface area (Å²) in [7, 11) is 0. The topological polar surface area (TPSA) is 118 Å². The van der Waals surface area contributed by atoms with Gasteiger partial charge < -0.3 is 15.0 Å². The second-order valence-electron chi connectivity index (χ2n) is 11.3. The Bertz CT molecular complexity index is 971. The van der Waals surface area contributed by atoms with Crippen LogP contribution in [0.5, 0.6) is 0 Å². The molecule has 2 aliphatic heterocycles. The van der Waals surface area contributed by atoms with E-state index in [-0.39, 0.29) is 47.5 Å². The lowest BCUT2D eigenvalue weighted by atomic mass is 9.81. The molecular weight excluding hydrogens is 460 g/mol. The Kier molecular flexibility index (Phi) is 7.95. The Labute approximate surface area is 212 Å². The number of likely N-dealkylation sites (tertiary alicyclic amines) is 1. The van der Waals surface area contributed by atoms with Crippen LogP contribution in [0.1, 0.15) is 83.6 Å². The summed E-state index contributed by atoms with van der Waals surface area (Å²) in [6.07, 6.45) is 7.15. The molecule has 1 atom stereocenters. The number of carbonyl (C=O) groups excluding carboxylic acids is 4. The lowest BCUT2D eigenvalue weighted by Gasteiger charge is -2.36. The highest BCUT2D eigenvalue weighted by Gasteiger charge is 2.35. The molecule has 1 aromatic heterocycles. The molecule has 1 saturated carbocycles. The maximum Gasteiger partial charge on any atom is 0.309 e. The fourth-order valence-electron chi connectivity index (χ4n) is 5.38. The number of imide groups is 1. The molecule has 3 amide bonds. The van der Waals surface area contributed by atoms with Crippen LogP contribution in [-0.2, 0) is 23.9 Å². The average molecular weight is 499 g/mol. The fraction of sp³-hybridized carbons (Fsp3) is 0.667. The first kappa shape index (κ1) is 26.1. The number of piperidine rings is 2. The van der Waals surface area contributed by atoms with Crippen molar-refractivity contribution in [2.45, 2.75) is 89.7 Å². The first-order valence-electron chi connectivity index (χ1n) is 13.2. The summed E-state index contributed by atoms with van der Waals surface area (Å²) >= 11 is 0. The maximum absolute atomic E-state index is 13.1. The van der Waals surface area contributed by atoms with E-state index in [9.17, 15) is 19.2 Å². The second-order valence-corrected chi connectivity index (χ2v) is 11.3. The third-order valence-electron chi connectivity index (χ3n) is 7.40. The third kappa shape index (κ3) is 6.62. The molecule has 36 heavy (non-hydrogen) atoms. The predicted molar refractivity (Wildman–Crippen MR) is 134 cm³/mol. The van der Waals surface area contributed by atoms with E-state index >= 15 is 0 Å².